The number of piperazine rings is 1. The summed E-state index contributed by atoms with van der Waals surface area (Å²) in [5.74, 6) is 1.16. The summed E-state index contributed by atoms with van der Waals surface area (Å²) in [4.78, 5) is 33.6. The summed E-state index contributed by atoms with van der Waals surface area (Å²) >= 11 is 0. The van der Waals surface area contributed by atoms with Gasteiger partial charge in [0.2, 0.25) is 0 Å². The van der Waals surface area contributed by atoms with E-state index in [9.17, 15) is 9.59 Å². The molecule has 1 saturated heterocycles. The minimum absolute atomic E-state index is 0.0243. The normalized spacial score (nSPS) is 17.2. The van der Waals surface area contributed by atoms with Crippen LogP contribution in [0.2, 0.25) is 0 Å². The Hall–Kier alpha value is -2.93. The number of benzene rings is 1. The predicted octanol–water partition coefficient (Wildman–Crippen LogP) is 3.03. The molecule has 32 heavy (non-hydrogen) atoms. The van der Waals surface area contributed by atoms with Crippen molar-refractivity contribution in [3.8, 4) is 0 Å². The van der Waals surface area contributed by atoms with E-state index in [4.69, 9.17) is 4.98 Å². The molecule has 7 heteroatoms. The van der Waals surface area contributed by atoms with Crippen LogP contribution in [0.1, 0.15) is 42.6 Å². The number of aromatic nitrogens is 1. The number of pyridine rings is 1. The highest BCUT2D eigenvalue weighted by Gasteiger charge is 2.29. The van der Waals surface area contributed by atoms with Gasteiger partial charge in [-0.3, -0.25) is 9.69 Å². The molecule has 0 saturated carbocycles. The van der Waals surface area contributed by atoms with Gasteiger partial charge in [-0.1, -0.05) is 36.4 Å². The average molecular weight is 436 g/mol. The molecule has 1 atom stereocenters. The third kappa shape index (κ3) is 5.46. The van der Waals surface area contributed by atoms with E-state index in [2.05, 4.69) is 27.7 Å². The van der Waals surface area contributed by atoms with Crippen LogP contribution in [0.4, 0.5) is 10.6 Å². The minimum Gasteiger partial charge on any atom is -0.370 e. The lowest BCUT2D eigenvalue weighted by Gasteiger charge is -2.38. The van der Waals surface area contributed by atoms with Gasteiger partial charge in [0.1, 0.15) is 5.82 Å². The standard InChI is InChI=1S/C25H33N5O2/c1-19(31)23(20-7-3-2-4-8-20)29-15-17-30(18-16-29)25(32)27-14-6-10-22-12-11-21-9-5-13-26-24(21)28-22/h2-4,7-8,11-12,23H,5-6,9-10,13-18H2,1H3,(H,26,28)(H,27,32). The number of hydrogen-bond acceptors (Lipinski definition) is 5. The number of ketones is 1. The van der Waals surface area contributed by atoms with Crippen molar-refractivity contribution in [2.75, 3.05) is 44.6 Å². The second-order valence-corrected chi connectivity index (χ2v) is 8.62. The first-order valence-electron chi connectivity index (χ1n) is 11.7. The molecule has 4 rings (SSSR count). The van der Waals surface area contributed by atoms with Crippen molar-refractivity contribution < 1.29 is 9.59 Å². The number of Topliss-reactive ketones (excluding diaryl/α,β-unsaturated/α-hetero) is 1. The molecule has 2 aliphatic heterocycles. The summed E-state index contributed by atoms with van der Waals surface area (Å²) in [6.07, 6.45) is 3.96. The Morgan fingerprint density at radius 2 is 1.88 bits per heavy atom. The van der Waals surface area contributed by atoms with Crippen LogP contribution in [0, 0.1) is 0 Å². The van der Waals surface area contributed by atoms with Crippen LogP contribution in [0.15, 0.2) is 42.5 Å². The van der Waals surface area contributed by atoms with Gasteiger partial charge in [0, 0.05) is 45.0 Å². The zero-order valence-electron chi connectivity index (χ0n) is 18.8. The van der Waals surface area contributed by atoms with Gasteiger partial charge < -0.3 is 15.5 Å². The molecule has 1 aromatic carbocycles. The van der Waals surface area contributed by atoms with E-state index in [1.165, 1.54) is 5.56 Å². The van der Waals surface area contributed by atoms with Crippen LogP contribution >= 0.6 is 0 Å². The highest BCUT2D eigenvalue weighted by atomic mass is 16.2. The van der Waals surface area contributed by atoms with Gasteiger partial charge in [-0.15, -0.1) is 0 Å². The number of hydrogen-bond donors (Lipinski definition) is 2. The fourth-order valence-corrected chi connectivity index (χ4v) is 4.61. The Bertz CT molecular complexity index is 925. The molecule has 1 aromatic heterocycles. The van der Waals surface area contributed by atoms with E-state index < -0.39 is 0 Å². The van der Waals surface area contributed by atoms with E-state index in [1.54, 1.807) is 6.92 Å². The van der Waals surface area contributed by atoms with Crippen molar-refractivity contribution in [3.63, 3.8) is 0 Å². The Morgan fingerprint density at radius 3 is 2.62 bits per heavy atom. The van der Waals surface area contributed by atoms with E-state index in [0.717, 1.165) is 49.3 Å². The number of urea groups is 1. The maximum absolute atomic E-state index is 12.6. The van der Waals surface area contributed by atoms with E-state index in [1.807, 2.05) is 35.2 Å². The topological polar surface area (TPSA) is 77.6 Å². The summed E-state index contributed by atoms with van der Waals surface area (Å²) in [5.41, 5.74) is 3.38. The molecule has 7 nitrogen and oxygen atoms in total. The minimum atomic E-state index is -0.236. The van der Waals surface area contributed by atoms with Crippen molar-refractivity contribution in [1.29, 1.82) is 0 Å². The van der Waals surface area contributed by atoms with Gasteiger partial charge in [-0.25, -0.2) is 9.78 Å². The number of nitrogens with one attached hydrogen (secondary N) is 2. The SMILES string of the molecule is CC(=O)C(c1ccccc1)N1CCN(C(=O)NCCCc2ccc3c(n2)NCCC3)CC1. The van der Waals surface area contributed by atoms with Crippen LogP contribution in [0.25, 0.3) is 0 Å². The van der Waals surface area contributed by atoms with Gasteiger partial charge in [-0.05, 0) is 49.8 Å². The number of amides is 2. The van der Waals surface area contributed by atoms with Gasteiger partial charge in [0.25, 0.3) is 0 Å². The van der Waals surface area contributed by atoms with Gasteiger partial charge in [-0.2, -0.15) is 0 Å². The molecule has 0 spiro atoms. The van der Waals surface area contributed by atoms with Gasteiger partial charge in [0.05, 0.1) is 6.04 Å². The Morgan fingerprint density at radius 1 is 1.09 bits per heavy atom. The van der Waals surface area contributed by atoms with Gasteiger partial charge >= 0.3 is 6.03 Å². The lowest BCUT2D eigenvalue weighted by Crippen LogP contribution is -2.53. The Balaban J connectivity index is 1.20. The van der Waals surface area contributed by atoms with Gasteiger partial charge in [0.15, 0.2) is 5.78 Å². The van der Waals surface area contributed by atoms with E-state index in [0.29, 0.717) is 32.7 Å². The van der Waals surface area contributed by atoms with Crippen molar-refractivity contribution in [3.05, 3.63) is 59.3 Å². The molecule has 0 radical (unpaired) electrons. The molecule has 170 valence electrons. The monoisotopic (exact) mass is 435 g/mol. The zero-order valence-corrected chi connectivity index (χ0v) is 18.8. The molecule has 1 unspecified atom stereocenters. The fraction of sp³-hybridized carbons (Fsp3) is 0.480. The summed E-state index contributed by atoms with van der Waals surface area (Å²) in [6.45, 7) is 5.90. The van der Waals surface area contributed by atoms with Crippen molar-refractivity contribution >= 4 is 17.6 Å². The van der Waals surface area contributed by atoms with Crippen LogP contribution in [-0.4, -0.2) is 65.9 Å². The first kappa shape index (κ1) is 22.3. The first-order valence-corrected chi connectivity index (χ1v) is 11.7. The lowest BCUT2D eigenvalue weighted by atomic mass is 10.0. The molecule has 2 aromatic rings. The third-order valence-electron chi connectivity index (χ3n) is 6.30. The Labute approximate surface area is 190 Å². The van der Waals surface area contributed by atoms with Crippen LogP contribution in [0.3, 0.4) is 0 Å². The predicted molar refractivity (Wildman–Crippen MR) is 126 cm³/mol. The third-order valence-corrected chi connectivity index (χ3v) is 6.30. The number of fused-ring (bicyclic) bond motifs is 1. The Kier molecular flexibility index (Phi) is 7.37. The molecular weight excluding hydrogens is 402 g/mol. The number of aryl methyl sites for hydroxylation is 2. The second kappa shape index (κ2) is 10.6. The maximum Gasteiger partial charge on any atom is 0.317 e. The molecule has 2 aliphatic rings. The molecule has 3 heterocycles. The molecule has 2 N–H and O–H groups in total. The number of carbonyl (C=O) groups excluding carboxylic acids is 2. The summed E-state index contributed by atoms with van der Waals surface area (Å²) in [6, 6.07) is 13.9. The van der Waals surface area contributed by atoms with Crippen molar-refractivity contribution in [1.82, 2.24) is 20.1 Å². The van der Waals surface area contributed by atoms with Crippen LogP contribution in [0.5, 0.6) is 0 Å². The van der Waals surface area contributed by atoms with Crippen LogP contribution in [-0.2, 0) is 17.6 Å². The molecule has 0 bridgehead atoms. The number of nitrogens with zero attached hydrogens (tertiary/aromatic N) is 3. The summed E-state index contributed by atoms with van der Waals surface area (Å²) in [5, 5.41) is 6.41. The number of carbonyl (C=O) groups is 2. The average Bonchev–Trinajstić information content (AvgIpc) is 2.82. The molecule has 2 amide bonds. The van der Waals surface area contributed by atoms with E-state index in [-0.39, 0.29) is 17.9 Å². The molecule has 1 fully saturated rings. The highest BCUT2D eigenvalue weighted by molar-refractivity contribution is 5.83. The largest absolute Gasteiger partial charge is 0.370 e. The van der Waals surface area contributed by atoms with Crippen molar-refractivity contribution in [2.24, 2.45) is 0 Å². The van der Waals surface area contributed by atoms with E-state index >= 15 is 0 Å². The summed E-state index contributed by atoms with van der Waals surface area (Å²) < 4.78 is 0. The van der Waals surface area contributed by atoms with Crippen LogP contribution < -0.4 is 10.6 Å². The summed E-state index contributed by atoms with van der Waals surface area (Å²) in [7, 11) is 0. The van der Waals surface area contributed by atoms with Crippen molar-refractivity contribution in [2.45, 2.75) is 38.6 Å². The number of anilines is 1. The molecule has 0 aliphatic carbocycles. The fourth-order valence-electron chi connectivity index (χ4n) is 4.61. The maximum atomic E-state index is 12.6. The lowest BCUT2D eigenvalue weighted by molar-refractivity contribution is -0.123. The first-order chi connectivity index (χ1) is 15.6. The smallest absolute Gasteiger partial charge is 0.317 e. The second-order valence-electron chi connectivity index (χ2n) is 8.62. The zero-order chi connectivity index (χ0) is 22.3. The highest BCUT2D eigenvalue weighted by Crippen LogP contribution is 2.23. The number of rotatable bonds is 7. The molecular formula is C25H33N5O2. The quantitative estimate of drug-likeness (QED) is 0.654.